The van der Waals surface area contributed by atoms with Crippen LogP contribution < -0.4 is 5.32 Å². The number of rotatable bonds is 69. The molecule has 0 aliphatic carbocycles. The number of aliphatic hydroxyl groups excluding tert-OH is 2. The summed E-state index contributed by atoms with van der Waals surface area (Å²) in [7, 11) is 0. The largest absolute Gasteiger partial charge is 0.466 e. The molecule has 0 radical (unpaired) electrons. The normalized spacial score (nSPS) is 12.6. The van der Waals surface area contributed by atoms with Crippen molar-refractivity contribution in [2.75, 3.05) is 13.2 Å². The number of nitrogens with one attached hydrogen (secondary N) is 1. The van der Waals surface area contributed by atoms with E-state index < -0.39 is 12.1 Å². The molecule has 0 heterocycles. The number of carbonyl (C=O) groups is 2. The Labute approximate surface area is 501 Å². The summed E-state index contributed by atoms with van der Waals surface area (Å²) in [5.41, 5.74) is 0. The lowest BCUT2D eigenvalue weighted by atomic mass is 10.0. The van der Waals surface area contributed by atoms with Crippen molar-refractivity contribution in [3.05, 3.63) is 24.3 Å². The van der Waals surface area contributed by atoms with Gasteiger partial charge in [0, 0.05) is 12.8 Å². The van der Waals surface area contributed by atoms with Crippen LogP contribution in [0.15, 0.2) is 24.3 Å². The molecule has 0 aromatic heterocycles. The molecule has 0 aromatic carbocycles. The van der Waals surface area contributed by atoms with Crippen molar-refractivity contribution in [3.8, 4) is 0 Å². The molecular weight excluding hydrogens is 983 g/mol. The van der Waals surface area contributed by atoms with Crippen LogP contribution in [0.3, 0.4) is 0 Å². The quantitative estimate of drug-likeness (QED) is 0.0320. The summed E-state index contributed by atoms with van der Waals surface area (Å²) < 4.78 is 5.50. The number of amides is 1. The molecule has 474 valence electrons. The standard InChI is InChI=1S/C74H143NO5/c1-3-5-7-9-11-13-15-17-19-21-35-38-42-46-50-54-58-62-66-72(77)71(70-76)75-73(78)67-63-59-55-51-47-43-39-36-32-30-28-26-24-22-23-25-27-29-31-33-37-41-45-49-53-57-61-65-69-80-74(79)68-64-60-56-52-48-44-40-34-20-18-16-14-12-10-8-6-4-2/h18,20,22-23,71-72,76-77H,3-17,19,21,24-70H2,1-2H3,(H,75,78)/b20-18-,23-22-. The van der Waals surface area contributed by atoms with Crippen molar-refractivity contribution in [1.82, 2.24) is 5.32 Å². The third-order valence-electron chi connectivity index (χ3n) is 17.2. The molecular formula is C74H143NO5. The van der Waals surface area contributed by atoms with E-state index in [-0.39, 0.29) is 18.5 Å². The molecule has 2 unspecified atom stereocenters. The van der Waals surface area contributed by atoms with E-state index in [2.05, 4.69) is 43.5 Å². The summed E-state index contributed by atoms with van der Waals surface area (Å²) in [5, 5.41) is 23.4. The van der Waals surface area contributed by atoms with Gasteiger partial charge in [-0.25, -0.2) is 0 Å². The van der Waals surface area contributed by atoms with Crippen molar-refractivity contribution in [3.63, 3.8) is 0 Å². The van der Waals surface area contributed by atoms with Gasteiger partial charge in [-0.1, -0.05) is 346 Å². The van der Waals surface area contributed by atoms with Gasteiger partial charge in [-0.05, 0) is 77.0 Å². The lowest BCUT2D eigenvalue weighted by molar-refractivity contribution is -0.143. The van der Waals surface area contributed by atoms with Crippen LogP contribution in [0.5, 0.6) is 0 Å². The van der Waals surface area contributed by atoms with Crippen LogP contribution in [0.4, 0.5) is 0 Å². The number of hydrogen-bond acceptors (Lipinski definition) is 5. The summed E-state index contributed by atoms with van der Waals surface area (Å²) >= 11 is 0. The summed E-state index contributed by atoms with van der Waals surface area (Å²) in [6, 6.07) is -0.542. The maximum atomic E-state index is 12.5. The minimum Gasteiger partial charge on any atom is -0.466 e. The van der Waals surface area contributed by atoms with E-state index in [9.17, 15) is 19.8 Å². The molecule has 0 aromatic rings. The zero-order chi connectivity index (χ0) is 57.8. The van der Waals surface area contributed by atoms with E-state index >= 15 is 0 Å². The number of ether oxygens (including phenoxy) is 1. The maximum absolute atomic E-state index is 12.5. The molecule has 2 atom stereocenters. The molecule has 6 nitrogen and oxygen atoms in total. The topological polar surface area (TPSA) is 95.9 Å². The fraction of sp³-hybridized carbons (Fsp3) is 0.919. The molecule has 0 rings (SSSR count). The number of hydrogen-bond donors (Lipinski definition) is 3. The third kappa shape index (κ3) is 65.5. The Morgan fingerprint density at radius 1 is 0.338 bits per heavy atom. The number of esters is 1. The van der Waals surface area contributed by atoms with E-state index in [0.717, 1.165) is 44.9 Å². The first-order valence-corrected chi connectivity index (χ1v) is 36.6. The van der Waals surface area contributed by atoms with Gasteiger partial charge in [0.05, 0.1) is 25.4 Å². The molecule has 0 saturated heterocycles. The van der Waals surface area contributed by atoms with Crippen molar-refractivity contribution in [2.24, 2.45) is 0 Å². The second-order valence-electron chi connectivity index (χ2n) is 25.3. The van der Waals surface area contributed by atoms with Crippen LogP contribution in [-0.4, -0.2) is 47.4 Å². The first kappa shape index (κ1) is 78.3. The fourth-order valence-electron chi connectivity index (χ4n) is 11.6. The molecule has 0 saturated carbocycles. The summed E-state index contributed by atoms with van der Waals surface area (Å²) in [4.78, 5) is 24.6. The zero-order valence-electron chi connectivity index (χ0n) is 54.3. The molecule has 0 spiro atoms. The van der Waals surface area contributed by atoms with E-state index in [1.165, 1.54) is 334 Å². The third-order valence-corrected chi connectivity index (χ3v) is 17.2. The van der Waals surface area contributed by atoms with Crippen molar-refractivity contribution in [1.29, 1.82) is 0 Å². The summed E-state index contributed by atoms with van der Waals surface area (Å²) in [6.07, 6.45) is 88.0. The highest BCUT2D eigenvalue weighted by atomic mass is 16.5. The van der Waals surface area contributed by atoms with E-state index in [1.54, 1.807) is 0 Å². The number of allylic oxidation sites excluding steroid dienone is 4. The van der Waals surface area contributed by atoms with Crippen molar-refractivity contribution >= 4 is 11.9 Å². The van der Waals surface area contributed by atoms with Crippen molar-refractivity contribution < 1.29 is 24.5 Å². The smallest absolute Gasteiger partial charge is 0.305 e. The molecule has 0 aliphatic rings. The van der Waals surface area contributed by atoms with Gasteiger partial charge in [-0.2, -0.15) is 0 Å². The summed E-state index contributed by atoms with van der Waals surface area (Å²) in [5.74, 6) is -0.0176. The minimum atomic E-state index is -0.665. The Balaban J connectivity index is 3.37. The second-order valence-corrected chi connectivity index (χ2v) is 25.3. The number of aliphatic hydroxyl groups is 2. The Morgan fingerprint density at radius 3 is 0.887 bits per heavy atom. The lowest BCUT2D eigenvalue weighted by Crippen LogP contribution is -2.45. The average Bonchev–Trinajstić information content (AvgIpc) is 3.46. The number of carbonyl (C=O) groups excluding carboxylic acids is 2. The fourth-order valence-corrected chi connectivity index (χ4v) is 11.6. The number of unbranched alkanes of at least 4 members (excludes halogenated alkanes) is 54. The molecule has 3 N–H and O–H groups in total. The van der Waals surface area contributed by atoms with Crippen LogP contribution in [0.1, 0.15) is 412 Å². The van der Waals surface area contributed by atoms with Gasteiger partial charge in [0.1, 0.15) is 0 Å². The Kier molecular flexibility index (Phi) is 68.4. The van der Waals surface area contributed by atoms with Crippen LogP contribution in [0, 0.1) is 0 Å². The Morgan fingerprint density at radius 2 is 0.588 bits per heavy atom. The SMILES string of the molecule is CCCCCCCC/C=C\CCCCCCCCCC(=O)OCCCCCCCCCCCCCC/C=C\CCCCCCCCCCCCCCC(=O)NC(CO)C(O)CCCCCCCCCCCCCCCCCCCC. The first-order chi connectivity index (χ1) is 39.5. The van der Waals surface area contributed by atoms with Crippen molar-refractivity contribution in [2.45, 2.75) is 424 Å². The van der Waals surface area contributed by atoms with Gasteiger partial charge in [0.25, 0.3) is 0 Å². The van der Waals surface area contributed by atoms with E-state index in [0.29, 0.717) is 25.9 Å². The minimum absolute atomic E-state index is 0.0134. The Bertz CT molecular complexity index is 1250. The van der Waals surface area contributed by atoms with Crippen LogP contribution in [0.25, 0.3) is 0 Å². The van der Waals surface area contributed by atoms with Crippen LogP contribution in [-0.2, 0) is 14.3 Å². The second kappa shape index (κ2) is 69.8. The summed E-state index contributed by atoms with van der Waals surface area (Å²) in [6.45, 7) is 4.99. The average molecular weight is 1130 g/mol. The lowest BCUT2D eigenvalue weighted by Gasteiger charge is -2.22. The molecule has 1 amide bonds. The van der Waals surface area contributed by atoms with Gasteiger partial charge in [-0.3, -0.25) is 9.59 Å². The van der Waals surface area contributed by atoms with Gasteiger partial charge in [0.2, 0.25) is 5.91 Å². The first-order valence-electron chi connectivity index (χ1n) is 36.6. The monoisotopic (exact) mass is 1130 g/mol. The molecule has 80 heavy (non-hydrogen) atoms. The van der Waals surface area contributed by atoms with E-state index in [1.807, 2.05) is 0 Å². The van der Waals surface area contributed by atoms with Gasteiger partial charge in [-0.15, -0.1) is 0 Å². The van der Waals surface area contributed by atoms with Gasteiger partial charge >= 0.3 is 5.97 Å². The van der Waals surface area contributed by atoms with Gasteiger partial charge < -0.3 is 20.3 Å². The maximum Gasteiger partial charge on any atom is 0.305 e. The predicted octanol–water partition coefficient (Wildman–Crippen LogP) is 23.7. The predicted molar refractivity (Wildman–Crippen MR) is 352 cm³/mol. The highest BCUT2D eigenvalue weighted by molar-refractivity contribution is 5.76. The van der Waals surface area contributed by atoms with E-state index in [4.69, 9.17) is 4.74 Å². The Hall–Kier alpha value is -1.66. The molecule has 6 heteroatoms. The highest BCUT2D eigenvalue weighted by Crippen LogP contribution is 2.19. The molecule has 0 fully saturated rings. The molecule has 0 aliphatic heterocycles. The zero-order valence-corrected chi connectivity index (χ0v) is 54.3. The highest BCUT2D eigenvalue weighted by Gasteiger charge is 2.20. The van der Waals surface area contributed by atoms with Gasteiger partial charge in [0.15, 0.2) is 0 Å². The van der Waals surface area contributed by atoms with Crippen LogP contribution >= 0.6 is 0 Å². The molecule has 0 bridgehead atoms. The van der Waals surface area contributed by atoms with Crippen LogP contribution in [0.2, 0.25) is 0 Å².